The summed E-state index contributed by atoms with van der Waals surface area (Å²) in [6, 6.07) is 0. The Labute approximate surface area is 136 Å². The van der Waals surface area contributed by atoms with Gasteiger partial charge < -0.3 is 17.0 Å². The van der Waals surface area contributed by atoms with E-state index in [4.69, 9.17) is 0 Å². The molecule has 0 aliphatic heterocycles. The second-order valence-corrected chi connectivity index (χ2v) is 8.10. The highest BCUT2D eigenvalue weighted by molar-refractivity contribution is 7.96. The molecule has 0 aromatic heterocycles. The topological polar surface area (TPSA) is 0 Å². The highest BCUT2D eigenvalue weighted by Gasteiger charge is 2.09. The van der Waals surface area contributed by atoms with E-state index in [0.29, 0.717) is 10.9 Å². The van der Waals surface area contributed by atoms with Crippen LogP contribution in [0.15, 0.2) is 0 Å². The van der Waals surface area contributed by atoms with Crippen molar-refractivity contribution >= 4 is 10.9 Å². The van der Waals surface area contributed by atoms with Crippen LogP contribution in [-0.2, 0) is 10.9 Å². The summed E-state index contributed by atoms with van der Waals surface area (Å²) in [6.07, 6.45) is 19.9. The Hall–Kier alpha value is 0.830. The van der Waals surface area contributed by atoms with E-state index in [1.54, 1.807) is 0 Å². The van der Waals surface area contributed by atoms with Crippen LogP contribution in [0.25, 0.3) is 0 Å². The quantitative estimate of drug-likeness (QED) is 0.333. The second-order valence-electron chi connectivity index (χ2n) is 5.73. The van der Waals surface area contributed by atoms with Crippen LogP contribution in [0.1, 0.15) is 90.9 Å². The molecule has 118 valence electrons. The molecule has 0 N–H and O–H groups in total. The van der Waals surface area contributed by atoms with Gasteiger partial charge in [0.1, 0.15) is 11.5 Å². The fraction of sp³-hybridized carbons (Fsp3) is 1.00. The van der Waals surface area contributed by atoms with Crippen LogP contribution in [0.3, 0.4) is 0 Å². The molecule has 0 rings (SSSR count). The van der Waals surface area contributed by atoms with Crippen molar-refractivity contribution in [1.29, 1.82) is 0 Å². The summed E-state index contributed by atoms with van der Waals surface area (Å²) in [5.74, 6) is 3.00. The van der Waals surface area contributed by atoms with E-state index >= 15 is 0 Å². The van der Waals surface area contributed by atoms with Crippen LogP contribution >= 0.6 is 0 Å². The standard InChI is InChI=1S/C17H37S.BrH/c1-4-6-8-10-12-14-16-18(3)17-15-13-11-9-7-5-2;/h4-17H2,1-3H3;1H/q+1;/p-1. The third kappa shape index (κ3) is 18.8. The third-order valence-corrected chi connectivity index (χ3v) is 5.66. The molecular formula is C17H37BrS. The van der Waals surface area contributed by atoms with E-state index in [0.717, 1.165) is 0 Å². The maximum Gasteiger partial charge on any atom is 0.107 e. The third-order valence-electron chi connectivity index (χ3n) is 3.69. The fourth-order valence-electron chi connectivity index (χ4n) is 2.36. The van der Waals surface area contributed by atoms with Crippen molar-refractivity contribution in [3.63, 3.8) is 0 Å². The molecular weight excluding hydrogens is 316 g/mol. The smallest absolute Gasteiger partial charge is 0.107 e. The Kier molecular flexibility index (Phi) is 21.9. The molecule has 0 aromatic rings. The lowest BCUT2D eigenvalue weighted by Crippen LogP contribution is -3.00. The van der Waals surface area contributed by atoms with Gasteiger partial charge in [-0.05, 0) is 36.6 Å². The first-order valence-electron chi connectivity index (χ1n) is 8.40. The molecule has 0 radical (unpaired) electrons. The lowest BCUT2D eigenvalue weighted by molar-refractivity contribution is -0.00000415. The van der Waals surface area contributed by atoms with E-state index < -0.39 is 0 Å². The lowest BCUT2D eigenvalue weighted by atomic mass is 10.1. The van der Waals surface area contributed by atoms with Crippen LogP contribution in [0.4, 0.5) is 0 Å². The van der Waals surface area contributed by atoms with Crippen molar-refractivity contribution in [1.82, 2.24) is 0 Å². The van der Waals surface area contributed by atoms with Crippen LogP contribution in [0.5, 0.6) is 0 Å². The average Bonchev–Trinajstić information content (AvgIpc) is 2.38. The number of unbranched alkanes of at least 4 members (excludes halogenated alkanes) is 10. The summed E-state index contributed by atoms with van der Waals surface area (Å²) in [4.78, 5) is 0. The molecule has 0 saturated heterocycles. The molecule has 0 aromatic carbocycles. The molecule has 0 unspecified atom stereocenters. The van der Waals surface area contributed by atoms with Gasteiger partial charge in [0, 0.05) is 0 Å². The molecule has 0 fully saturated rings. The zero-order valence-corrected chi connectivity index (χ0v) is 16.1. The summed E-state index contributed by atoms with van der Waals surface area (Å²) in [6.45, 7) is 4.59. The highest BCUT2D eigenvalue weighted by Crippen LogP contribution is 2.10. The van der Waals surface area contributed by atoms with Gasteiger partial charge in [0.05, 0.1) is 6.26 Å². The zero-order valence-electron chi connectivity index (χ0n) is 13.7. The van der Waals surface area contributed by atoms with Gasteiger partial charge in [-0.15, -0.1) is 0 Å². The predicted molar refractivity (Wildman–Crippen MR) is 89.8 cm³/mol. The van der Waals surface area contributed by atoms with E-state index in [2.05, 4.69) is 20.1 Å². The Morgan fingerprint density at radius 2 is 0.842 bits per heavy atom. The largest absolute Gasteiger partial charge is 1.00 e. The maximum absolute atomic E-state index is 2.48. The van der Waals surface area contributed by atoms with Gasteiger partial charge in [-0.1, -0.05) is 65.2 Å². The summed E-state index contributed by atoms with van der Waals surface area (Å²) >= 11 is 0. The van der Waals surface area contributed by atoms with Gasteiger partial charge in [0.25, 0.3) is 0 Å². The van der Waals surface area contributed by atoms with Gasteiger partial charge >= 0.3 is 0 Å². The Bertz CT molecular complexity index is 134. The summed E-state index contributed by atoms with van der Waals surface area (Å²) in [5, 5.41) is 0. The number of hydrogen-bond acceptors (Lipinski definition) is 0. The van der Waals surface area contributed by atoms with Crippen LogP contribution in [0.2, 0.25) is 0 Å². The molecule has 0 bridgehead atoms. The molecule has 0 heterocycles. The van der Waals surface area contributed by atoms with Crippen molar-refractivity contribution in [3.8, 4) is 0 Å². The first-order valence-corrected chi connectivity index (χ1v) is 10.4. The van der Waals surface area contributed by atoms with Crippen molar-refractivity contribution in [2.45, 2.75) is 90.9 Å². The lowest BCUT2D eigenvalue weighted by Gasteiger charge is -2.04. The molecule has 0 aliphatic carbocycles. The van der Waals surface area contributed by atoms with E-state index in [-0.39, 0.29) is 17.0 Å². The van der Waals surface area contributed by atoms with Crippen molar-refractivity contribution in [2.24, 2.45) is 0 Å². The minimum Gasteiger partial charge on any atom is -1.00 e. The molecule has 0 aliphatic rings. The van der Waals surface area contributed by atoms with Crippen molar-refractivity contribution in [3.05, 3.63) is 0 Å². The van der Waals surface area contributed by atoms with Gasteiger partial charge in [0.2, 0.25) is 0 Å². The summed E-state index contributed by atoms with van der Waals surface area (Å²) in [5.41, 5.74) is 0. The molecule has 0 amide bonds. The Morgan fingerprint density at radius 3 is 1.21 bits per heavy atom. The first kappa shape index (κ1) is 22.1. The van der Waals surface area contributed by atoms with Gasteiger partial charge in [-0.2, -0.15) is 0 Å². The van der Waals surface area contributed by atoms with E-state index in [1.165, 1.54) is 88.6 Å². The van der Waals surface area contributed by atoms with E-state index in [9.17, 15) is 0 Å². The molecule has 0 saturated carbocycles. The predicted octanol–water partition coefficient (Wildman–Crippen LogP) is 2.96. The number of rotatable bonds is 14. The van der Waals surface area contributed by atoms with Crippen LogP contribution < -0.4 is 17.0 Å². The van der Waals surface area contributed by atoms with Gasteiger partial charge in [0.15, 0.2) is 0 Å². The number of halogens is 1. The summed E-state index contributed by atoms with van der Waals surface area (Å²) in [7, 11) is 0.716. The maximum atomic E-state index is 2.48. The second kappa shape index (κ2) is 18.8. The normalized spacial score (nSPS) is 10.7. The Balaban J connectivity index is 0. The van der Waals surface area contributed by atoms with Gasteiger partial charge in [-0.25, -0.2) is 0 Å². The molecule has 0 atom stereocenters. The van der Waals surface area contributed by atoms with Gasteiger partial charge in [-0.3, -0.25) is 0 Å². The van der Waals surface area contributed by atoms with E-state index in [1.807, 2.05) is 0 Å². The first-order chi connectivity index (χ1) is 8.81. The minimum absolute atomic E-state index is 0. The minimum atomic E-state index is 0. The fourth-order valence-corrected chi connectivity index (χ4v) is 3.96. The highest BCUT2D eigenvalue weighted by atomic mass is 79.9. The van der Waals surface area contributed by atoms with Crippen molar-refractivity contribution in [2.75, 3.05) is 17.8 Å². The average molecular weight is 353 g/mol. The zero-order chi connectivity index (χ0) is 13.5. The molecule has 0 nitrogen and oxygen atoms in total. The summed E-state index contributed by atoms with van der Waals surface area (Å²) < 4.78 is 0. The Morgan fingerprint density at radius 1 is 0.526 bits per heavy atom. The van der Waals surface area contributed by atoms with Crippen LogP contribution in [-0.4, -0.2) is 17.8 Å². The molecule has 19 heavy (non-hydrogen) atoms. The molecule has 2 heteroatoms. The number of hydrogen-bond donors (Lipinski definition) is 0. The van der Waals surface area contributed by atoms with Crippen molar-refractivity contribution < 1.29 is 17.0 Å². The SMILES string of the molecule is CCCCCCCC[S+](C)CCCCCCCC.[Br-]. The monoisotopic (exact) mass is 352 g/mol. The van der Waals surface area contributed by atoms with Crippen LogP contribution in [0, 0.1) is 0 Å². The molecule has 0 spiro atoms.